The fraction of sp³-hybridized carbons (Fsp3) is 0.467. The van der Waals surface area contributed by atoms with Gasteiger partial charge in [0.2, 0.25) is 10.0 Å². The number of carbonyl (C=O) groups excluding carboxylic acids is 2. The Bertz CT molecular complexity index is 748. The molecule has 1 aliphatic rings. The Morgan fingerprint density at radius 1 is 1.28 bits per heavy atom. The van der Waals surface area contributed by atoms with Crippen LogP contribution in [0.5, 0.6) is 11.5 Å². The third-order valence-corrected chi connectivity index (χ3v) is 4.84. The molecule has 0 fully saturated rings. The molecular weight excluding hydrogens is 352 g/mol. The highest BCUT2D eigenvalue weighted by Gasteiger charge is 2.19. The first-order chi connectivity index (χ1) is 11.8. The van der Waals surface area contributed by atoms with Crippen LogP contribution >= 0.6 is 0 Å². The summed E-state index contributed by atoms with van der Waals surface area (Å²) in [5, 5.41) is 0. The number of amides is 1. The molecule has 1 atom stereocenters. The van der Waals surface area contributed by atoms with Crippen LogP contribution in [0, 0.1) is 0 Å². The highest BCUT2D eigenvalue weighted by atomic mass is 32.2. The molecule has 25 heavy (non-hydrogen) atoms. The second kappa shape index (κ2) is 8.17. The maximum atomic E-state index is 12.2. The molecule has 0 aliphatic carbocycles. The van der Waals surface area contributed by atoms with Crippen molar-refractivity contribution < 1.29 is 32.2 Å². The lowest BCUT2D eigenvalue weighted by Crippen LogP contribution is -2.31. The Morgan fingerprint density at radius 2 is 1.96 bits per heavy atom. The Labute approximate surface area is 145 Å². The highest BCUT2D eigenvalue weighted by Crippen LogP contribution is 2.32. The summed E-state index contributed by atoms with van der Waals surface area (Å²) in [4.78, 5) is 22.3. The first kappa shape index (κ1) is 19.0. The topological polar surface area (TPSA) is 134 Å². The number of benzene rings is 1. The van der Waals surface area contributed by atoms with Gasteiger partial charge in [0.25, 0.3) is 5.91 Å². The predicted molar refractivity (Wildman–Crippen MR) is 86.6 cm³/mol. The number of esters is 1. The molecule has 1 amide bonds. The monoisotopic (exact) mass is 372 g/mol. The third kappa shape index (κ3) is 5.33. The van der Waals surface area contributed by atoms with E-state index in [2.05, 4.69) is 4.72 Å². The van der Waals surface area contributed by atoms with E-state index >= 15 is 0 Å². The smallest absolute Gasteiger partial charge is 0.306 e. The Hall–Kier alpha value is -2.33. The molecule has 0 saturated heterocycles. The van der Waals surface area contributed by atoms with Crippen molar-refractivity contribution in [2.45, 2.75) is 30.8 Å². The van der Waals surface area contributed by atoms with E-state index in [4.69, 9.17) is 19.9 Å². The van der Waals surface area contributed by atoms with Crippen molar-refractivity contribution in [2.24, 2.45) is 5.73 Å². The van der Waals surface area contributed by atoms with Crippen LogP contribution in [0.3, 0.4) is 0 Å². The number of rotatable bonds is 8. The second-order valence-electron chi connectivity index (χ2n) is 5.34. The van der Waals surface area contributed by atoms with Gasteiger partial charge in [-0.05, 0) is 25.5 Å². The maximum absolute atomic E-state index is 12.2. The minimum absolute atomic E-state index is 0.0385. The third-order valence-electron chi connectivity index (χ3n) is 3.38. The van der Waals surface area contributed by atoms with Crippen LogP contribution in [0.2, 0.25) is 0 Å². The summed E-state index contributed by atoms with van der Waals surface area (Å²) >= 11 is 0. The Balaban J connectivity index is 1.83. The molecule has 1 aliphatic heterocycles. The SMILES string of the molecule is C[C@H](OC(=O)CCCNS(=O)(=O)c1ccc2c(c1)OCCO2)C(N)=O. The Morgan fingerprint density at radius 3 is 2.64 bits per heavy atom. The normalized spacial score (nSPS) is 14.6. The van der Waals surface area contributed by atoms with Gasteiger partial charge < -0.3 is 19.9 Å². The van der Waals surface area contributed by atoms with Crippen LogP contribution in [-0.2, 0) is 24.3 Å². The fourth-order valence-corrected chi connectivity index (χ4v) is 3.12. The van der Waals surface area contributed by atoms with Gasteiger partial charge in [-0.25, -0.2) is 13.1 Å². The van der Waals surface area contributed by atoms with Crippen molar-refractivity contribution in [3.63, 3.8) is 0 Å². The summed E-state index contributed by atoms with van der Waals surface area (Å²) in [6.07, 6.45) is -0.836. The van der Waals surface area contributed by atoms with Crippen LogP contribution in [0.1, 0.15) is 19.8 Å². The number of sulfonamides is 1. The van der Waals surface area contributed by atoms with Crippen LogP contribution < -0.4 is 19.9 Å². The largest absolute Gasteiger partial charge is 0.486 e. The summed E-state index contributed by atoms with van der Waals surface area (Å²) in [5.41, 5.74) is 4.98. The van der Waals surface area contributed by atoms with Gasteiger partial charge in [0.05, 0.1) is 4.90 Å². The van der Waals surface area contributed by atoms with Gasteiger partial charge in [-0.1, -0.05) is 0 Å². The lowest BCUT2D eigenvalue weighted by Gasteiger charge is -2.18. The molecule has 1 heterocycles. The average Bonchev–Trinajstić information content (AvgIpc) is 2.58. The maximum Gasteiger partial charge on any atom is 0.306 e. The van der Waals surface area contributed by atoms with Gasteiger partial charge in [0.1, 0.15) is 13.2 Å². The molecule has 1 aromatic carbocycles. The van der Waals surface area contributed by atoms with Gasteiger partial charge in [-0.2, -0.15) is 0 Å². The van der Waals surface area contributed by atoms with E-state index in [0.29, 0.717) is 24.7 Å². The van der Waals surface area contributed by atoms with Crippen LogP contribution in [0.25, 0.3) is 0 Å². The minimum Gasteiger partial charge on any atom is -0.486 e. The fourth-order valence-electron chi connectivity index (χ4n) is 2.03. The van der Waals surface area contributed by atoms with Crippen LogP contribution in [0.15, 0.2) is 23.1 Å². The Kier molecular flexibility index (Phi) is 6.21. The molecule has 0 spiro atoms. The van der Waals surface area contributed by atoms with Gasteiger partial charge in [-0.15, -0.1) is 0 Å². The van der Waals surface area contributed by atoms with Gasteiger partial charge >= 0.3 is 5.97 Å². The van der Waals surface area contributed by atoms with Crippen molar-refractivity contribution in [1.82, 2.24) is 4.72 Å². The zero-order chi connectivity index (χ0) is 18.4. The van der Waals surface area contributed by atoms with Crippen LogP contribution in [-0.4, -0.2) is 46.2 Å². The predicted octanol–water partition coefficient (Wildman–Crippen LogP) is -0.0667. The molecule has 0 bridgehead atoms. The number of nitrogens with one attached hydrogen (secondary N) is 1. The standard InChI is InChI=1S/C15H20N2O7S/c1-10(15(16)19)24-14(18)3-2-6-17-25(20,21)11-4-5-12-13(9-11)23-8-7-22-12/h4-5,9-10,17H,2-3,6-8H2,1H3,(H2,16,19)/t10-/m0/s1. The molecule has 138 valence electrons. The van der Waals surface area contributed by atoms with Gasteiger partial charge in [0.15, 0.2) is 17.6 Å². The molecule has 0 unspecified atom stereocenters. The summed E-state index contributed by atoms with van der Waals surface area (Å²) in [7, 11) is -3.74. The van der Waals surface area contributed by atoms with Crippen molar-refractivity contribution >= 4 is 21.9 Å². The summed E-state index contributed by atoms with van der Waals surface area (Å²) < 4.78 is 42.3. The van der Waals surface area contributed by atoms with Crippen molar-refractivity contribution in [3.05, 3.63) is 18.2 Å². The summed E-state index contributed by atoms with van der Waals surface area (Å²) in [6.45, 7) is 2.18. The van der Waals surface area contributed by atoms with Crippen molar-refractivity contribution in [3.8, 4) is 11.5 Å². The number of nitrogens with two attached hydrogens (primary N) is 1. The van der Waals surface area contributed by atoms with Gasteiger partial charge in [0, 0.05) is 19.0 Å². The number of hydrogen-bond acceptors (Lipinski definition) is 7. The van der Waals surface area contributed by atoms with E-state index in [0.717, 1.165) is 0 Å². The molecular formula is C15H20N2O7S. The van der Waals surface area contributed by atoms with E-state index in [-0.39, 0.29) is 24.3 Å². The molecule has 9 nitrogen and oxygen atoms in total. The molecule has 1 aromatic rings. The molecule has 3 N–H and O–H groups in total. The molecule has 0 radical (unpaired) electrons. The first-order valence-electron chi connectivity index (χ1n) is 7.68. The number of hydrogen-bond donors (Lipinski definition) is 2. The molecule has 0 saturated carbocycles. The van der Waals surface area contributed by atoms with Crippen LogP contribution in [0.4, 0.5) is 0 Å². The number of fused-ring (bicyclic) bond motifs is 1. The van der Waals surface area contributed by atoms with E-state index in [1.54, 1.807) is 0 Å². The van der Waals surface area contributed by atoms with Crippen molar-refractivity contribution in [1.29, 1.82) is 0 Å². The zero-order valence-corrected chi connectivity index (χ0v) is 14.5. The van der Waals surface area contributed by atoms with E-state index in [1.165, 1.54) is 25.1 Å². The number of primary amides is 1. The molecule has 2 rings (SSSR count). The van der Waals surface area contributed by atoms with E-state index in [1.807, 2.05) is 0 Å². The average molecular weight is 372 g/mol. The van der Waals surface area contributed by atoms with Gasteiger partial charge in [-0.3, -0.25) is 9.59 Å². The number of ether oxygens (including phenoxy) is 3. The minimum atomic E-state index is -3.74. The molecule has 0 aromatic heterocycles. The van der Waals surface area contributed by atoms with E-state index in [9.17, 15) is 18.0 Å². The van der Waals surface area contributed by atoms with E-state index < -0.39 is 28.0 Å². The summed E-state index contributed by atoms with van der Waals surface area (Å²) in [6, 6.07) is 4.34. The highest BCUT2D eigenvalue weighted by molar-refractivity contribution is 7.89. The summed E-state index contributed by atoms with van der Waals surface area (Å²) in [5.74, 6) is -0.493. The molecule has 10 heteroatoms. The lowest BCUT2D eigenvalue weighted by atomic mass is 10.3. The number of carbonyl (C=O) groups is 2. The lowest BCUT2D eigenvalue weighted by molar-refractivity contribution is -0.153. The quantitative estimate of drug-likeness (QED) is 0.482. The first-order valence-corrected chi connectivity index (χ1v) is 9.16. The van der Waals surface area contributed by atoms with Crippen molar-refractivity contribution in [2.75, 3.05) is 19.8 Å². The zero-order valence-electron chi connectivity index (χ0n) is 13.7. The second-order valence-corrected chi connectivity index (χ2v) is 7.11.